The van der Waals surface area contributed by atoms with Gasteiger partial charge in [0.2, 0.25) is 0 Å². The average molecular weight is 410 g/mol. The van der Waals surface area contributed by atoms with E-state index in [1.165, 1.54) is 0 Å². The van der Waals surface area contributed by atoms with Gasteiger partial charge >= 0.3 is 0 Å². The molecular formula is C24H31N3O3. The number of nitrogens with zero attached hydrogens (tertiary/aromatic N) is 2. The molecule has 6 nitrogen and oxygen atoms in total. The monoisotopic (exact) mass is 409 g/mol. The maximum Gasteiger partial charge on any atom is 0.278 e. The van der Waals surface area contributed by atoms with E-state index in [0.717, 1.165) is 62.1 Å². The molecule has 1 fully saturated rings. The Balaban J connectivity index is 1.55. The number of anilines is 1. The van der Waals surface area contributed by atoms with Crippen molar-refractivity contribution in [1.29, 1.82) is 0 Å². The molecule has 160 valence electrons. The molecule has 1 atom stereocenters. The standard InChI is InChI=1S/C24H31N3O3/c1-15-17(23(29)27-12-5-6-13-27)8-7-9-19(15)25-22(28)21-18-14-16(24(2,3)4)10-11-20(18)30-26-21/h7-9,16H,5-6,10-14H2,1-4H3,(H,25,28). The normalized spacial score (nSPS) is 18.9. The Morgan fingerprint density at radius 3 is 2.63 bits per heavy atom. The van der Waals surface area contributed by atoms with Gasteiger partial charge in [0.25, 0.3) is 11.8 Å². The molecule has 0 bridgehead atoms. The average Bonchev–Trinajstić information content (AvgIpc) is 3.38. The van der Waals surface area contributed by atoms with Gasteiger partial charge in [-0.2, -0.15) is 0 Å². The summed E-state index contributed by atoms with van der Waals surface area (Å²) in [6.07, 6.45) is 4.77. The Bertz CT molecular complexity index is 965. The molecule has 1 aliphatic heterocycles. The quantitative estimate of drug-likeness (QED) is 0.802. The van der Waals surface area contributed by atoms with E-state index in [1.54, 1.807) is 0 Å². The number of hydrogen-bond acceptors (Lipinski definition) is 4. The van der Waals surface area contributed by atoms with E-state index in [-0.39, 0.29) is 17.2 Å². The van der Waals surface area contributed by atoms with Crippen LogP contribution in [0.4, 0.5) is 5.69 Å². The van der Waals surface area contributed by atoms with Crippen LogP contribution in [0, 0.1) is 18.3 Å². The predicted molar refractivity (Wildman–Crippen MR) is 116 cm³/mol. The molecule has 2 heterocycles. The number of amides is 2. The van der Waals surface area contributed by atoms with Crippen LogP contribution in [-0.4, -0.2) is 35.0 Å². The third-order valence-electron chi connectivity index (χ3n) is 6.69. The van der Waals surface area contributed by atoms with Gasteiger partial charge < -0.3 is 14.7 Å². The second kappa shape index (κ2) is 7.89. The number of nitrogens with one attached hydrogen (secondary N) is 1. The van der Waals surface area contributed by atoms with Crippen LogP contribution in [0.25, 0.3) is 0 Å². The largest absolute Gasteiger partial charge is 0.360 e. The van der Waals surface area contributed by atoms with Crippen LogP contribution in [0.5, 0.6) is 0 Å². The minimum Gasteiger partial charge on any atom is -0.360 e. The van der Waals surface area contributed by atoms with Crippen molar-refractivity contribution in [2.75, 3.05) is 18.4 Å². The highest BCUT2D eigenvalue weighted by atomic mass is 16.5. The van der Waals surface area contributed by atoms with Crippen molar-refractivity contribution in [2.45, 2.75) is 59.8 Å². The first-order valence-electron chi connectivity index (χ1n) is 10.9. The SMILES string of the molecule is Cc1c(NC(=O)c2noc3c2CC(C(C)(C)C)CC3)cccc1C(=O)N1CCCC1. The van der Waals surface area contributed by atoms with Crippen molar-refractivity contribution in [3.8, 4) is 0 Å². The van der Waals surface area contributed by atoms with Crippen molar-refractivity contribution in [1.82, 2.24) is 10.1 Å². The molecule has 6 heteroatoms. The molecule has 1 saturated heterocycles. The minimum absolute atomic E-state index is 0.0351. The Labute approximate surface area is 178 Å². The number of aryl methyl sites for hydroxylation is 1. The lowest BCUT2D eigenvalue weighted by Gasteiger charge is -2.33. The van der Waals surface area contributed by atoms with Gasteiger partial charge in [-0.05, 0) is 61.6 Å². The second-order valence-corrected chi connectivity index (χ2v) is 9.67. The molecule has 2 aliphatic rings. The highest BCUT2D eigenvalue weighted by Crippen LogP contribution is 2.38. The van der Waals surface area contributed by atoms with Crippen LogP contribution >= 0.6 is 0 Å². The zero-order valence-electron chi connectivity index (χ0n) is 18.4. The van der Waals surface area contributed by atoms with Gasteiger partial charge in [0.1, 0.15) is 5.76 Å². The van der Waals surface area contributed by atoms with Crippen LogP contribution < -0.4 is 5.32 Å². The summed E-state index contributed by atoms with van der Waals surface area (Å²) in [7, 11) is 0. The number of carbonyl (C=O) groups is 2. The molecule has 4 rings (SSSR count). The first kappa shape index (κ1) is 20.6. The number of aromatic nitrogens is 1. The Kier molecular flexibility index (Phi) is 5.43. The summed E-state index contributed by atoms with van der Waals surface area (Å²) in [6.45, 7) is 10.2. The van der Waals surface area contributed by atoms with E-state index in [1.807, 2.05) is 30.0 Å². The third-order valence-corrected chi connectivity index (χ3v) is 6.69. The highest BCUT2D eigenvalue weighted by molar-refractivity contribution is 6.05. The van der Waals surface area contributed by atoms with Crippen molar-refractivity contribution < 1.29 is 14.1 Å². The molecule has 30 heavy (non-hydrogen) atoms. The summed E-state index contributed by atoms with van der Waals surface area (Å²) < 4.78 is 5.50. The molecule has 1 aromatic heterocycles. The van der Waals surface area contributed by atoms with Crippen LogP contribution in [0.2, 0.25) is 0 Å². The summed E-state index contributed by atoms with van der Waals surface area (Å²) >= 11 is 0. The lowest BCUT2D eigenvalue weighted by molar-refractivity contribution is 0.0791. The molecule has 1 aliphatic carbocycles. The third kappa shape index (κ3) is 3.87. The van der Waals surface area contributed by atoms with Crippen LogP contribution in [0.3, 0.4) is 0 Å². The van der Waals surface area contributed by atoms with Gasteiger partial charge in [0.15, 0.2) is 5.69 Å². The molecule has 1 unspecified atom stereocenters. The summed E-state index contributed by atoms with van der Waals surface area (Å²) in [6, 6.07) is 5.48. The molecule has 1 N–H and O–H groups in total. The first-order chi connectivity index (χ1) is 14.3. The summed E-state index contributed by atoms with van der Waals surface area (Å²) in [5, 5.41) is 7.07. The van der Waals surface area contributed by atoms with Crippen molar-refractivity contribution >= 4 is 17.5 Å². The minimum atomic E-state index is -0.275. The van der Waals surface area contributed by atoms with Gasteiger partial charge in [-0.1, -0.05) is 32.0 Å². The van der Waals surface area contributed by atoms with Gasteiger partial charge in [-0.25, -0.2) is 0 Å². The highest BCUT2D eigenvalue weighted by Gasteiger charge is 2.34. The Hall–Kier alpha value is -2.63. The van der Waals surface area contributed by atoms with Crippen LogP contribution in [0.15, 0.2) is 22.7 Å². The molecular weight excluding hydrogens is 378 g/mol. The lowest BCUT2D eigenvalue weighted by Crippen LogP contribution is -2.29. The molecule has 0 radical (unpaired) electrons. The second-order valence-electron chi connectivity index (χ2n) is 9.67. The van der Waals surface area contributed by atoms with Crippen LogP contribution in [-0.2, 0) is 12.8 Å². The topological polar surface area (TPSA) is 75.4 Å². The van der Waals surface area contributed by atoms with E-state index >= 15 is 0 Å². The fraction of sp³-hybridized carbons (Fsp3) is 0.542. The van der Waals surface area contributed by atoms with Crippen LogP contribution in [0.1, 0.15) is 77.8 Å². The van der Waals surface area contributed by atoms with Crippen molar-refractivity contribution in [3.63, 3.8) is 0 Å². The van der Waals surface area contributed by atoms with Gasteiger partial charge in [0, 0.05) is 36.3 Å². The van der Waals surface area contributed by atoms with E-state index in [9.17, 15) is 9.59 Å². The smallest absolute Gasteiger partial charge is 0.278 e. The Morgan fingerprint density at radius 1 is 1.20 bits per heavy atom. The zero-order valence-corrected chi connectivity index (χ0v) is 18.4. The maximum absolute atomic E-state index is 13.1. The number of rotatable bonds is 3. The van der Waals surface area contributed by atoms with E-state index in [2.05, 4.69) is 31.2 Å². The number of hydrogen-bond donors (Lipinski definition) is 1. The maximum atomic E-state index is 13.1. The molecule has 1 aromatic carbocycles. The van der Waals surface area contributed by atoms with E-state index in [4.69, 9.17) is 4.52 Å². The predicted octanol–water partition coefficient (Wildman–Crippen LogP) is 4.62. The number of benzene rings is 1. The fourth-order valence-corrected chi connectivity index (χ4v) is 4.60. The van der Waals surface area contributed by atoms with Gasteiger partial charge in [-0.15, -0.1) is 0 Å². The Morgan fingerprint density at radius 2 is 1.93 bits per heavy atom. The van der Waals surface area contributed by atoms with Gasteiger partial charge in [0.05, 0.1) is 0 Å². The van der Waals surface area contributed by atoms with E-state index < -0.39 is 0 Å². The number of likely N-dealkylation sites (tertiary alicyclic amines) is 1. The molecule has 2 amide bonds. The van der Waals surface area contributed by atoms with Crippen molar-refractivity contribution in [3.05, 3.63) is 46.3 Å². The first-order valence-corrected chi connectivity index (χ1v) is 10.9. The summed E-state index contributed by atoms with van der Waals surface area (Å²) in [5.74, 6) is 1.07. The number of fused-ring (bicyclic) bond motifs is 1. The lowest BCUT2D eigenvalue weighted by atomic mass is 9.71. The fourth-order valence-electron chi connectivity index (χ4n) is 4.60. The summed E-state index contributed by atoms with van der Waals surface area (Å²) in [4.78, 5) is 27.8. The summed E-state index contributed by atoms with van der Waals surface area (Å²) in [5.41, 5.74) is 3.54. The molecule has 0 spiro atoms. The van der Waals surface area contributed by atoms with Gasteiger partial charge in [-0.3, -0.25) is 9.59 Å². The van der Waals surface area contributed by atoms with Crippen molar-refractivity contribution in [2.24, 2.45) is 11.3 Å². The molecule has 0 saturated carbocycles. The zero-order chi connectivity index (χ0) is 21.5. The number of carbonyl (C=O) groups excluding carboxylic acids is 2. The molecule has 2 aromatic rings. The van der Waals surface area contributed by atoms with E-state index in [0.29, 0.717) is 22.9 Å².